The zero-order valence-electron chi connectivity index (χ0n) is 7.04. The van der Waals surface area contributed by atoms with E-state index >= 15 is 0 Å². The van der Waals surface area contributed by atoms with Crippen molar-refractivity contribution in [3.63, 3.8) is 0 Å². The Bertz CT molecular complexity index is 158. The molecule has 64 valence electrons. The van der Waals surface area contributed by atoms with Crippen molar-refractivity contribution < 1.29 is 9.53 Å². The number of carbonyl (C=O) groups excluding carboxylic acids is 1. The van der Waals surface area contributed by atoms with Gasteiger partial charge >= 0.3 is 5.97 Å². The summed E-state index contributed by atoms with van der Waals surface area (Å²) in [5.41, 5.74) is 5.80. The number of esters is 1. The molecule has 0 bridgehead atoms. The molecular weight excluding hydrogens is 142 g/mol. The molecule has 1 fully saturated rings. The molecule has 1 aliphatic carbocycles. The van der Waals surface area contributed by atoms with Gasteiger partial charge in [-0.3, -0.25) is 4.79 Å². The Balaban J connectivity index is 2.54. The summed E-state index contributed by atoms with van der Waals surface area (Å²) in [6, 6.07) is 0.00227. The summed E-state index contributed by atoms with van der Waals surface area (Å²) in [6.45, 7) is 2.08. The first-order valence-corrected chi connectivity index (χ1v) is 4.00. The van der Waals surface area contributed by atoms with Crippen molar-refractivity contribution in [3.8, 4) is 0 Å². The molecule has 0 amide bonds. The SMILES string of the molecule is COC(=O)[C@H]1CC[C@H](C)[C@H]1N. The second kappa shape index (κ2) is 3.22. The van der Waals surface area contributed by atoms with Crippen LogP contribution in [0.4, 0.5) is 0 Å². The van der Waals surface area contributed by atoms with Crippen molar-refractivity contribution in [2.24, 2.45) is 17.6 Å². The first-order chi connectivity index (χ1) is 5.16. The molecule has 0 heterocycles. The fourth-order valence-corrected chi connectivity index (χ4v) is 1.65. The Morgan fingerprint density at radius 2 is 2.18 bits per heavy atom. The van der Waals surface area contributed by atoms with Crippen LogP contribution in [-0.4, -0.2) is 19.1 Å². The van der Waals surface area contributed by atoms with Crippen LogP contribution in [0, 0.1) is 11.8 Å². The van der Waals surface area contributed by atoms with Crippen LogP contribution >= 0.6 is 0 Å². The van der Waals surface area contributed by atoms with Gasteiger partial charge in [0.25, 0.3) is 0 Å². The van der Waals surface area contributed by atoms with Gasteiger partial charge in [-0.15, -0.1) is 0 Å². The molecule has 2 N–H and O–H groups in total. The molecule has 3 atom stereocenters. The van der Waals surface area contributed by atoms with E-state index in [9.17, 15) is 4.79 Å². The molecule has 1 aliphatic rings. The molecule has 11 heavy (non-hydrogen) atoms. The smallest absolute Gasteiger partial charge is 0.310 e. The predicted molar refractivity (Wildman–Crippen MR) is 41.9 cm³/mol. The maximum absolute atomic E-state index is 11.1. The molecule has 0 aromatic rings. The third kappa shape index (κ3) is 1.53. The molecule has 1 saturated carbocycles. The van der Waals surface area contributed by atoms with Crippen LogP contribution in [-0.2, 0) is 9.53 Å². The van der Waals surface area contributed by atoms with Crippen LogP contribution in [0.3, 0.4) is 0 Å². The van der Waals surface area contributed by atoms with Crippen molar-refractivity contribution in [2.45, 2.75) is 25.8 Å². The highest BCUT2D eigenvalue weighted by atomic mass is 16.5. The van der Waals surface area contributed by atoms with Gasteiger partial charge in [0.2, 0.25) is 0 Å². The van der Waals surface area contributed by atoms with Gasteiger partial charge in [-0.25, -0.2) is 0 Å². The van der Waals surface area contributed by atoms with Gasteiger partial charge in [-0.05, 0) is 18.8 Å². The minimum Gasteiger partial charge on any atom is -0.469 e. The van der Waals surface area contributed by atoms with Gasteiger partial charge in [0.05, 0.1) is 13.0 Å². The molecule has 3 nitrogen and oxygen atoms in total. The number of rotatable bonds is 1. The monoisotopic (exact) mass is 157 g/mol. The fraction of sp³-hybridized carbons (Fsp3) is 0.875. The van der Waals surface area contributed by atoms with E-state index < -0.39 is 0 Å². The highest BCUT2D eigenvalue weighted by molar-refractivity contribution is 5.73. The molecule has 0 aromatic carbocycles. The highest BCUT2D eigenvalue weighted by Gasteiger charge is 2.35. The maximum Gasteiger partial charge on any atom is 0.310 e. The predicted octanol–water partition coefficient (Wildman–Crippen LogP) is 0.533. The number of carbonyl (C=O) groups is 1. The first kappa shape index (κ1) is 8.53. The second-order valence-electron chi connectivity index (χ2n) is 3.26. The minimum atomic E-state index is -0.151. The molecule has 0 saturated heterocycles. The lowest BCUT2D eigenvalue weighted by Gasteiger charge is -2.15. The normalized spacial score (nSPS) is 37.2. The Kier molecular flexibility index (Phi) is 2.49. The fourth-order valence-electron chi connectivity index (χ4n) is 1.65. The topological polar surface area (TPSA) is 52.3 Å². The van der Waals surface area contributed by atoms with Crippen molar-refractivity contribution in [1.29, 1.82) is 0 Å². The minimum absolute atomic E-state index is 0.00227. The van der Waals surface area contributed by atoms with Crippen molar-refractivity contribution in [1.82, 2.24) is 0 Å². The quantitative estimate of drug-likeness (QED) is 0.565. The average molecular weight is 157 g/mol. The van der Waals surface area contributed by atoms with Gasteiger partial charge in [-0.1, -0.05) is 6.92 Å². The van der Waals surface area contributed by atoms with E-state index in [0.29, 0.717) is 5.92 Å². The van der Waals surface area contributed by atoms with Gasteiger partial charge in [0.15, 0.2) is 0 Å². The standard InChI is InChI=1S/C8H15NO2/c1-5-3-4-6(7(5)9)8(10)11-2/h5-7H,3-4,9H2,1-2H3/t5-,6-,7+/m0/s1. The number of ether oxygens (including phenoxy) is 1. The molecule has 0 aromatic heterocycles. The van der Waals surface area contributed by atoms with E-state index in [0.717, 1.165) is 12.8 Å². The molecule has 0 aliphatic heterocycles. The van der Waals surface area contributed by atoms with Gasteiger partial charge in [0, 0.05) is 6.04 Å². The summed E-state index contributed by atoms with van der Waals surface area (Å²) in [5, 5.41) is 0. The molecule has 3 heteroatoms. The van der Waals surface area contributed by atoms with E-state index in [1.54, 1.807) is 0 Å². The van der Waals surface area contributed by atoms with Crippen molar-refractivity contribution in [3.05, 3.63) is 0 Å². The Morgan fingerprint density at radius 3 is 2.55 bits per heavy atom. The Labute approximate surface area is 66.9 Å². The van der Waals surface area contributed by atoms with E-state index in [2.05, 4.69) is 11.7 Å². The van der Waals surface area contributed by atoms with Crippen molar-refractivity contribution >= 4 is 5.97 Å². The third-order valence-electron chi connectivity index (χ3n) is 2.56. The molecular formula is C8H15NO2. The van der Waals surface area contributed by atoms with Crippen LogP contribution in [0.25, 0.3) is 0 Å². The summed E-state index contributed by atoms with van der Waals surface area (Å²) in [4.78, 5) is 11.1. The number of hydrogen-bond donors (Lipinski definition) is 1. The second-order valence-corrected chi connectivity index (χ2v) is 3.26. The van der Waals surface area contributed by atoms with Crippen LogP contribution in [0.2, 0.25) is 0 Å². The number of methoxy groups -OCH3 is 1. The van der Waals surface area contributed by atoms with Gasteiger partial charge < -0.3 is 10.5 Å². The third-order valence-corrected chi connectivity index (χ3v) is 2.56. The van der Waals surface area contributed by atoms with Crippen LogP contribution in [0.15, 0.2) is 0 Å². The van der Waals surface area contributed by atoms with Crippen LogP contribution in [0.5, 0.6) is 0 Å². The first-order valence-electron chi connectivity index (χ1n) is 4.00. The zero-order chi connectivity index (χ0) is 8.43. The van der Waals surface area contributed by atoms with Gasteiger partial charge in [0.1, 0.15) is 0 Å². The van der Waals surface area contributed by atoms with E-state index in [4.69, 9.17) is 5.73 Å². The summed E-state index contributed by atoms with van der Waals surface area (Å²) >= 11 is 0. The Morgan fingerprint density at radius 1 is 1.55 bits per heavy atom. The van der Waals surface area contributed by atoms with Gasteiger partial charge in [-0.2, -0.15) is 0 Å². The van der Waals surface area contributed by atoms with Crippen molar-refractivity contribution in [2.75, 3.05) is 7.11 Å². The van der Waals surface area contributed by atoms with Crippen LogP contribution < -0.4 is 5.73 Å². The summed E-state index contributed by atoms with van der Waals surface area (Å²) < 4.78 is 4.63. The highest BCUT2D eigenvalue weighted by Crippen LogP contribution is 2.29. The molecule has 1 rings (SSSR count). The molecule has 0 spiro atoms. The maximum atomic E-state index is 11.1. The summed E-state index contributed by atoms with van der Waals surface area (Å²) in [6.07, 6.45) is 1.93. The number of hydrogen-bond acceptors (Lipinski definition) is 3. The van der Waals surface area contributed by atoms with E-state index in [1.165, 1.54) is 7.11 Å². The number of nitrogens with two attached hydrogens (primary N) is 1. The Hall–Kier alpha value is -0.570. The molecule has 0 unspecified atom stereocenters. The summed E-state index contributed by atoms with van der Waals surface area (Å²) in [7, 11) is 1.41. The average Bonchev–Trinajstić information content (AvgIpc) is 2.32. The van der Waals surface area contributed by atoms with Crippen LogP contribution in [0.1, 0.15) is 19.8 Å². The molecule has 0 radical (unpaired) electrons. The van der Waals surface area contributed by atoms with E-state index in [1.807, 2.05) is 0 Å². The lowest BCUT2D eigenvalue weighted by Crippen LogP contribution is -2.35. The largest absolute Gasteiger partial charge is 0.469 e. The zero-order valence-corrected chi connectivity index (χ0v) is 7.04. The lowest BCUT2D eigenvalue weighted by molar-refractivity contribution is -0.145. The van der Waals surface area contributed by atoms with E-state index in [-0.39, 0.29) is 17.9 Å². The lowest BCUT2D eigenvalue weighted by atomic mass is 10.0. The summed E-state index contributed by atoms with van der Waals surface area (Å²) in [5.74, 6) is 0.246.